The number of methoxy groups -OCH3 is 3. The van der Waals surface area contributed by atoms with Gasteiger partial charge in [0.05, 0.1) is 68.6 Å². The molecule has 294 valence electrons. The van der Waals surface area contributed by atoms with Crippen molar-refractivity contribution >= 4 is 47.6 Å². The van der Waals surface area contributed by atoms with Gasteiger partial charge in [-0.05, 0) is 50.5 Å². The number of amides is 3. The molecule has 54 heavy (non-hydrogen) atoms. The van der Waals surface area contributed by atoms with Crippen LogP contribution >= 0.6 is 11.8 Å². The van der Waals surface area contributed by atoms with Gasteiger partial charge >= 0.3 is 0 Å². The molecule has 6 rings (SSSR count). The number of hydrogen-bond donors (Lipinski definition) is 1. The van der Waals surface area contributed by atoms with Crippen molar-refractivity contribution in [2.24, 2.45) is 4.99 Å². The maximum Gasteiger partial charge on any atom is 0.257 e. The molecule has 2 fully saturated rings. The van der Waals surface area contributed by atoms with Crippen molar-refractivity contribution in [1.82, 2.24) is 9.80 Å². The lowest BCUT2D eigenvalue weighted by Gasteiger charge is -2.29. The minimum atomic E-state index is -1.22. The van der Waals surface area contributed by atoms with E-state index < -0.39 is 12.3 Å². The second kappa shape index (κ2) is 20.2. The Labute approximate surface area is 322 Å². The highest BCUT2D eigenvalue weighted by Crippen LogP contribution is 2.42. The Hall–Kier alpha value is -4.53. The Morgan fingerprint density at radius 3 is 2.02 bits per heavy atom. The Bertz CT molecular complexity index is 1700. The summed E-state index contributed by atoms with van der Waals surface area (Å²) >= 11 is 1.80. The van der Waals surface area contributed by atoms with Gasteiger partial charge in [-0.2, -0.15) is 11.8 Å². The molecule has 0 saturated carbocycles. The highest BCUT2D eigenvalue weighted by molar-refractivity contribution is 7.98. The molecule has 3 amide bonds. The zero-order valence-electron chi connectivity index (χ0n) is 32.3. The van der Waals surface area contributed by atoms with Crippen LogP contribution in [-0.4, -0.2) is 124 Å². The number of nitrogens with zero attached hydrogens (tertiary/aromatic N) is 4. The van der Waals surface area contributed by atoms with E-state index in [4.69, 9.17) is 23.7 Å². The molecule has 4 aliphatic rings. The molecule has 0 bridgehead atoms. The first-order valence-electron chi connectivity index (χ1n) is 18.2. The Morgan fingerprint density at radius 1 is 0.833 bits per heavy atom. The smallest absolute Gasteiger partial charge is 0.257 e. The summed E-state index contributed by atoms with van der Waals surface area (Å²) in [5.41, 5.74) is 3.37. The second-order valence-corrected chi connectivity index (χ2v) is 13.9. The molecule has 3 atom stereocenters. The molecule has 2 saturated heterocycles. The Balaban J connectivity index is 0.000000741. The molecule has 0 aromatic heterocycles. The predicted molar refractivity (Wildman–Crippen MR) is 212 cm³/mol. The van der Waals surface area contributed by atoms with Crippen molar-refractivity contribution in [1.29, 1.82) is 0 Å². The quantitative estimate of drug-likeness (QED) is 0.140. The zero-order chi connectivity index (χ0) is 39.4. The topological polar surface area (TPSA) is 140 Å². The minimum absolute atomic E-state index is 0.0904. The number of hydrogen-bond acceptors (Lipinski definition) is 11. The summed E-state index contributed by atoms with van der Waals surface area (Å²) in [4.78, 5) is 47.7. The number of aliphatic imine (C=N–C) groups is 1. The van der Waals surface area contributed by atoms with Crippen LogP contribution in [0.2, 0.25) is 0 Å². The highest BCUT2D eigenvalue weighted by atomic mass is 32.2. The first kappa shape index (κ1) is 42.2. The number of unbranched alkanes of at least 4 members (excludes halogenated alkanes) is 2. The third-order valence-corrected chi connectivity index (χ3v) is 9.91. The largest absolute Gasteiger partial charge is 0.493 e. The summed E-state index contributed by atoms with van der Waals surface area (Å²) in [5, 5.41) is 11.0. The van der Waals surface area contributed by atoms with Gasteiger partial charge in [0, 0.05) is 44.3 Å². The molecule has 3 unspecified atom stereocenters. The summed E-state index contributed by atoms with van der Waals surface area (Å²) in [6, 6.07) is 5.90. The van der Waals surface area contributed by atoms with Crippen molar-refractivity contribution in [3.05, 3.63) is 59.7 Å². The first-order chi connectivity index (χ1) is 26.1. The number of ether oxygens (including phenoxy) is 5. The predicted octanol–water partition coefficient (Wildman–Crippen LogP) is 5.91. The SMILES string of the molecule is C=C1CC2C=Nc3cc(OCCCCCOc4cc5c(cc4OC)C(=O)N4CC(=C)CC4C(O)N5C=O)c(OC)cc3C(=O)N2C1.CC.COCCSC. The van der Waals surface area contributed by atoms with Crippen LogP contribution in [0.25, 0.3) is 0 Å². The number of carbonyl (C=O) groups is 3. The maximum atomic E-state index is 13.4. The van der Waals surface area contributed by atoms with E-state index in [2.05, 4.69) is 24.4 Å². The van der Waals surface area contributed by atoms with Crippen LogP contribution in [0.3, 0.4) is 0 Å². The number of benzene rings is 2. The fraction of sp³-hybridized carbons (Fsp3) is 0.500. The van der Waals surface area contributed by atoms with E-state index in [1.54, 1.807) is 66.3 Å². The van der Waals surface area contributed by atoms with Crippen molar-refractivity contribution < 1.29 is 43.2 Å². The highest BCUT2D eigenvalue weighted by Gasteiger charge is 2.44. The summed E-state index contributed by atoms with van der Waals surface area (Å²) < 4.78 is 27.9. The van der Waals surface area contributed by atoms with Crippen LogP contribution in [0.15, 0.2) is 53.6 Å². The number of anilines is 1. The van der Waals surface area contributed by atoms with Gasteiger partial charge in [-0.15, -0.1) is 0 Å². The van der Waals surface area contributed by atoms with E-state index >= 15 is 0 Å². The van der Waals surface area contributed by atoms with Gasteiger partial charge in [0.25, 0.3) is 11.8 Å². The molecular formula is C40H54N4O9S. The standard InChI is InChI=1S/C34H38N4O8.C4H10OS.C2H6/c1-20-10-22-16-35-25-14-30(28(43-3)12-23(25)32(40)36(22)17-20)45-8-6-5-7-9-46-31-15-26-24(13-29(31)44-4)33(41)37-18-21(2)11-27(37)34(42)38(26)19-39;1-5-3-4-6-2;1-2/h12-16,19,22,27,34,42H,1-2,5-11,17-18H2,3-4H3;3-4H2,1-2H3;1-2H3. The molecule has 4 aliphatic heterocycles. The van der Waals surface area contributed by atoms with Crippen molar-refractivity contribution in [2.45, 2.75) is 64.3 Å². The third-order valence-electron chi connectivity index (χ3n) is 9.33. The lowest BCUT2D eigenvalue weighted by atomic mass is 10.1. The summed E-state index contributed by atoms with van der Waals surface area (Å²) in [6.45, 7) is 14.5. The van der Waals surface area contributed by atoms with Gasteiger partial charge in [0.2, 0.25) is 6.41 Å². The van der Waals surface area contributed by atoms with E-state index in [0.29, 0.717) is 86.2 Å². The summed E-state index contributed by atoms with van der Waals surface area (Å²) in [6.07, 6.45) is 6.52. The fourth-order valence-corrected chi connectivity index (χ4v) is 6.98. The summed E-state index contributed by atoms with van der Waals surface area (Å²) in [7, 11) is 4.74. The molecule has 1 N–H and O–H groups in total. The molecular weight excluding hydrogens is 713 g/mol. The molecule has 4 heterocycles. The number of carbonyl (C=O) groups excluding carboxylic acids is 3. The van der Waals surface area contributed by atoms with Crippen LogP contribution in [0.5, 0.6) is 23.0 Å². The van der Waals surface area contributed by atoms with Crippen molar-refractivity contribution in [3.63, 3.8) is 0 Å². The minimum Gasteiger partial charge on any atom is -0.493 e. The van der Waals surface area contributed by atoms with Crippen molar-refractivity contribution in [2.75, 3.05) is 71.1 Å². The zero-order valence-corrected chi connectivity index (χ0v) is 33.1. The third kappa shape index (κ3) is 9.57. The Morgan fingerprint density at radius 2 is 1.43 bits per heavy atom. The number of rotatable bonds is 14. The van der Waals surface area contributed by atoms with Crippen LogP contribution in [0.4, 0.5) is 11.4 Å². The number of aliphatic hydroxyl groups is 1. The average molecular weight is 767 g/mol. The Kier molecular flexibility index (Phi) is 15.8. The molecule has 0 radical (unpaired) electrons. The van der Waals surface area contributed by atoms with Crippen LogP contribution in [0.1, 0.15) is 66.7 Å². The normalized spacial score (nSPS) is 19.6. The second-order valence-electron chi connectivity index (χ2n) is 12.9. The van der Waals surface area contributed by atoms with Crippen LogP contribution < -0.4 is 23.8 Å². The van der Waals surface area contributed by atoms with Crippen LogP contribution in [-0.2, 0) is 9.53 Å². The van der Waals surface area contributed by atoms with Gasteiger partial charge in [0.15, 0.2) is 29.2 Å². The molecule has 0 spiro atoms. The van der Waals surface area contributed by atoms with Gasteiger partial charge in [-0.1, -0.05) is 38.2 Å². The van der Waals surface area contributed by atoms with Gasteiger partial charge in [-0.25, -0.2) is 0 Å². The van der Waals surface area contributed by atoms with E-state index in [-0.39, 0.29) is 29.1 Å². The maximum absolute atomic E-state index is 13.4. The van der Waals surface area contributed by atoms with E-state index in [1.165, 1.54) is 12.0 Å². The van der Waals surface area contributed by atoms with Gasteiger partial charge in [-0.3, -0.25) is 24.3 Å². The number of fused-ring (bicyclic) bond motifs is 4. The molecule has 0 aliphatic carbocycles. The van der Waals surface area contributed by atoms with Crippen LogP contribution in [0, 0.1) is 0 Å². The summed E-state index contributed by atoms with van der Waals surface area (Å²) in [5.74, 6) is 2.42. The van der Waals surface area contributed by atoms with E-state index in [0.717, 1.165) is 36.3 Å². The lowest BCUT2D eigenvalue weighted by molar-refractivity contribution is -0.109. The molecule has 14 heteroatoms. The molecule has 13 nitrogen and oxygen atoms in total. The number of aliphatic hydroxyl groups excluding tert-OH is 1. The van der Waals surface area contributed by atoms with Gasteiger partial charge < -0.3 is 38.6 Å². The average Bonchev–Trinajstić information content (AvgIpc) is 3.72. The number of thioether (sulfide) groups is 1. The monoisotopic (exact) mass is 766 g/mol. The van der Waals surface area contributed by atoms with E-state index in [1.807, 2.05) is 13.8 Å². The first-order valence-corrected chi connectivity index (χ1v) is 19.6. The fourth-order valence-electron chi connectivity index (χ4n) is 6.64. The molecule has 2 aromatic rings. The molecule has 2 aromatic carbocycles. The van der Waals surface area contributed by atoms with Crippen molar-refractivity contribution in [3.8, 4) is 23.0 Å². The lowest BCUT2D eigenvalue weighted by Crippen LogP contribution is -2.48. The van der Waals surface area contributed by atoms with Gasteiger partial charge in [0.1, 0.15) is 0 Å². The van der Waals surface area contributed by atoms with E-state index in [9.17, 15) is 19.5 Å².